The van der Waals surface area contributed by atoms with E-state index in [1.807, 2.05) is 0 Å². The summed E-state index contributed by atoms with van der Waals surface area (Å²) in [7, 11) is 0. The summed E-state index contributed by atoms with van der Waals surface area (Å²) in [6, 6.07) is 0.935. The van der Waals surface area contributed by atoms with Gasteiger partial charge in [0.25, 0.3) is 5.91 Å². The van der Waals surface area contributed by atoms with Crippen molar-refractivity contribution in [2.45, 2.75) is 57.0 Å². The van der Waals surface area contributed by atoms with Gasteiger partial charge in [-0.25, -0.2) is 0 Å². The summed E-state index contributed by atoms with van der Waals surface area (Å²) in [5.41, 5.74) is 3.06. The molecule has 5 nitrogen and oxygen atoms in total. The highest BCUT2D eigenvalue weighted by Crippen LogP contribution is 2.31. The highest BCUT2D eigenvalue weighted by molar-refractivity contribution is 5.94. The number of aromatic amines is 1. The molecule has 1 aromatic rings. The largest absolute Gasteiger partial charge is 0.333 e. The maximum Gasteiger partial charge on any atom is 0.274 e. The smallest absolute Gasteiger partial charge is 0.274 e. The van der Waals surface area contributed by atoms with Crippen molar-refractivity contribution in [2.75, 3.05) is 13.1 Å². The first-order chi connectivity index (χ1) is 9.83. The molecular weight excluding hydrogens is 252 g/mol. The van der Waals surface area contributed by atoms with E-state index >= 15 is 0 Å². The summed E-state index contributed by atoms with van der Waals surface area (Å²) in [6.07, 6.45) is 7.94. The molecule has 3 aliphatic rings. The lowest BCUT2D eigenvalue weighted by molar-refractivity contribution is 0.0721. The van der Waals surface area contributed by atoms with Gasteiger partial charge in [-0.2, -0.15) is 5.10 Å². The fraction of sp³-hybridized carbons (Fsp3) is 0.733. The first-order valence-electron chi connectivity index (χ1n) is 7.93. The maximum absolute atomic E-state index is 12.9. The van der Waals surface area contributed by atoms with Crippen molar-refractivity contribution in [3.8, 4) is 0 Å². The number of carbonyl (C=O) groups excluding carboxylic acids is 1. The topological polar surface area (TPSA) is 61.0 Å². The minimum absolute atomic E-state index is 0.153. The third-order valence-electron chi connectivity index (χ3n) is 4.84. The fourth-order valence-corrected chi connectivity index (χ4v) is 3.57. The second-order valence-electron chi connectivity index (χ2n) is 6.36. The second kappa shape index (κ2) is 4.88. The molecule has 1 saturated carbocycles. The van der Waals surface area contributed by atoms with Crippen LogP contribution in [0.15, 0.2) is 0 Å². The third-order valence-corrected chi connectivity index (χ3v) is 4.84. The summed E-state index contributed by atoms with van der Waals surface area (Å²) in [4.78, 5) is 14.9. The van der Waals surface area contributed by atoms with Gasteiger partial charge in [0, 0.05) is 29.9 Å². The number of amides is 1. The van der Waals surface area contributed by atoms with Crippen LogP contribution in [0.25, 0.3) is 0 Å². The van der Waals surface area contributed by atoms with Crippen LogP contribution in [0.2, 0.25) is 0 Å². The van der Waals surface area contributed by atoms with Gasteiger partial charge in [0.05, 0.1) is 0 Å². The van der Waals surface area contributed by atoms with Gasteiger partial charge >= 0.3 is 0 Å². The summed E-state index contributed by atoms with van der Waals surface area (Å²) in [6.45, 7) is 1.94. The number of hydrogen-bond acceptors (Lipinski definition) is 3. The molecule has 2 fully saturated rings. The van der Waals surface area contributed by atoms with Gasteiger partial charge in [0.1, 0.15) is 0 Å². The molecule has 0 aromatic carbocycles. The zero-order valence-electron chi connectivity index (χ0n) is 11.8. The van der Waals surface area contributed by atoms with Crippen LogP contribution < -0.4 is 5.32 Å². The SMILES string of the molecule is O=C(c1n[nH]c2c1CCC2)N(C[C@@H]1CCCN1)C1CC1. The molecule has 1 aliphatic heterocycles. The quantitative estimate of drug-likeness (QED) is 0.869. The molecule has 4 rings (SSSR count). The van der Waals surface area contributed by atoms with Crippen LogP contribution in [0.1, 0.15) is 53.8 Å². The minimum Gasteiger partial charge on any atom is -0.333 e. The van der Waals surface area contributed by atoms with Gasteiger partial charge in [0.2, 0.25) is 0 Å². The fourth-order valence-electron chi connectivity index (χ4n) is 3.57. The van der Waals surface area contributed by atoms with Crippen LogP contribution in [-0.2, 0) is 12.8 Å². The number of rotatable bonds is 4. The van der Waals surface area contributed by atoms with E-state index in [9.17, 15) is 4.79 Å². The molecular formula is C15H22N4O. The van der Waals surface area contributed by atoms with Gasteiger partial charge in [-0.1, -0.05) is 0 Å². The van der Waals surface area contributed by atoms with E-state index in [0.717, 1.165) is 45.2 Å². The molecule has 1 atom stereocenters. The number of aromatic nitrogens is 2. The zero-order valence-corrected chi connectivity index (χ0v) is 11.8. The van der Waals surface area contributed by atoms with Crippen LogP contribution in [-0.4, -0.2) is 46.2 Å². The molecule has 0 radical (unpaired) electrons. The number of fused-ring (bicyclic) bond motifs is 1. The zero-order chi connectivity index (χ0) is 13.5. The van der Waals surface area contributed by atoms with E-state index in [1.165, 1.54) is 24.1 Å². The highest BCUT2D eigenvalue weighted by Gasteiger charge is 2.37. The number of H-pyrrole nitrogens is 1. The van der Waals surface area contributed by atoms with Crippen LogP contribution in [0, 0.1) is 0 Å². The first kappa shape index (κ1) is 12.4. The monoisotopic (exact) mass is 274 g/mol. The molecule has 20 heavy (non-hydrogen) atoms. The summed E-state index contributed by atoms with van der Waals surface area (Å²) in [5.74, 6) is 0.153. The lowest BCUT2D eigenvalue weighted by atomic mass is 10.1. The van der Waals surface area contributed by atoms with Gasteiger partial charge in [-0.3, -0.25) is 9.89 Å². The van der Waals surface area contributed by atoms with Crippen LogP contribution in [0.5, 0.6) is 0 Å². The highest BCUT2D eigenvalue weighted by atomic mass is 16.2. The number of aryl methyl sites for hydroxylation is 1. The van der Waals surface area contributed by atoms with Crippen molar-refractivity contribution < 1.29 is 4.79 Å². The molecule has 5 heteroatoms. The average molecular weight is 274 g/mol. The molecule has 2 heterocycles. The van der Waals surface area contributed by atoms with Crippen molar-refractivity contribution in [2.24, 2.45) is 0 Å². The van der Waals surface area contributed by atoms with E-state index in [-0.39, 0.29) is 5.91 Å². The predicted octanol–water partition coefficient (Wildman–Crippen LogP) is 1.25. The number of carbonyl (C=O) groups is 1. The Hall–Kier alpha value is -1.36. The first-order valence-corrected chi connectivity index (χ1v) is 7.93. The van der Waals surface area contributed by atoms with E-state index < -0.39 is 0 Å². The summed E-state index contributed by atoms with van der Waals surface area (Å²) in [5, 5.41) is 10.9. The Morgan fingerprint density at radius 1 is 1.25 bits per heavy atom. The van der Waals surface area contributed by atoms with E-state index in [0.29, 0.717) is 17.8 Å². The molecule has 108 valence electrons. The van der Waals surface area contributed by atoms with Crippen molar-refractivity contribution in [1.29, 1.82) is 0 Å². The Bertz CT molecular complexity index is 514. The molecule has 0 spiro atoms. The van der Waals surface area contributed by atoms with Gasteiger partial charge < -0.3 is 10.2 Å². The van der Waals surface area contributed by atoms with Crippen molar-refractivity contribution in [1.82, 2.24) is 20.4 Å². The van der Waals surface area contributed by atoms with Gasteiger partial charge in [-0.15, -0.1) is 0 Å². The second-order valence-corrected chi connectivity index (χ2v) is 6.36. The van der Waals surface area contributed by atoms with Crippen LogP contribution >= 0.6 is 0 Å². The number of hydrogen-bond donors (Lipinski definition) is 2. The minimum atomic E-state index is 0.153. The third kappa shape index (κ3) is 2.14. The van der Waals surface area contributed by atoms with Crippen LogP contribution in [0.4, 0.5) is 0 Å². The van der Waals surface area contributed by atoms with Crippen molar-refractivity contribution in [3.63, 3.8) is 0 Å². The molecule has 0 unspecified atom stereocenters. The maximum atomic E-state index is 12.9. The Labute approximate surface area is 119 Å². The number of nitrogens with one attached hydrogen (secondary N) is 2. The van der Waals surface area contributed by atoms with E-state index in [1.54, 1.807) is 0 Å². The average Bonchev–Trinajstić information content (AvgIpc) is 2.88. The Kier molecular flexibility index (Phi) is 3.02. The molecule has 2 N–H and O–H groups in total. The van der Waals surface area contributed by atoms with Crippen molar-refractivity contribution in [3.05, 3.63) is 17.0 Å². The van der Waals surface area contributed by atoms with Gasteiger partial charge in [0.15, 0.2) is 5.69 Å². The lowest BCUT2D eigenvalue weighted by Crippen LogP contribution is -2.42. The number of nitrogens with zero attached hydrogens (tertiary/aromatic N) is 2. The van der Waals surface area contributed by atoms with Gasteiger partial charge in [-0.05, 0) is 51.5 Å². The summed E-state index contributed by atoms with van der Waals surface area (Å²) < 4.78 is 0. The Morgan fingerprint density at radius 3 is 2.90 bits per heavy atom. The molecule has 2 aliphatic carbocycles. The standard InChI is InChI=1S/C15H22N4O/c20-15(14-12-4-1-5-13(12)17-18-14)19(11-6-7-11)9-10-3-2-8-16-10/h10-11,16H,1-9H2,(H,17,18)/t10-/m0/s1. The summed E-state index contributed by atoms with van der Waals surface area (Å²) >= 11 is 0. The van der Waals surface area contributed by atoms with Crippen LogP contribution in [0.3, 0.4) is 0 Å². The lowest BCUT2D eigenvalue weighted by Gasteiger charge is -2.25. The molecule has 0 bridgehead atoms. The Morgan fingerprint density at radius 2 is 2.15 bits per heavy atom. The van der Waals surface area contributed by atoms with Crippen molar-refractivity contribution >= 4 is 5.91 Å². The Balaban J connectivity index is 1.54. The normalized spacial score (nSPS) is 24.9. The predicted molar refractivity (Wildman–Crippen MR) is 75.7 cm³/mol. The van der Waals surface area contributed by atoms with E-state index in [4.69, 9.17) is 0 Å². The molecule has 1 saturated heterocycles. The molecule has 1 aromatic heterocycles. The van der Waals surface area contributed by atoms with E-state index in [2.05, 4.69) is 20.4 Å². The molecule has 1 amide bonds.